The van der Waals surface area contributed by atoms with Crippen molar-refractivity contribution in [3.05, 3.63) is 5.56 Å². The molecule has 0 spiro atoms. The van der Waals surface area contributed by atoms with Crippen molar-refractivity contribution in [2.75, 3.05) is 7.11 Å². The van der Waals surface area contributed by atoms with E-state index in [2.05, 4.69) is 4.74 Å². The number of methoxy groups -OCH3 is 1. The first-order valence-electron chi connectivity index (χ1n) is 4.53. The average molecular weight is 219 g/mol. The van der Waals surface area contributed by atoms with Crippen molar-refractivity contribution in [3.63, 3.8) is 0 Å². The zero-order chi connectivity index (χ0) is 13.3. The Balaban J connectivity index is 3.72. The number of hydrogen-bond donors (Lipinski definition) is 2. The zero-order valence-electron chi connectivity index (χ0n) is 9.10. The molecule has 1 aromatic carbocycles. The van der Waals surface area contributed by atoms with Crippen LogP contribution in [0.3, 0.4) is 0 Å². The van der Waals surface area contributed by atoms with Crippen LogP contribution in [-0.4, -0.2) is 61.6 Å². The average Bonchev–Trinajstić information content (AvgIpc) is 2.29. The van der Waals surface area contributed by atoms with Gasteiger partial charge >= 0.3 is 13.1 Å². The van der Waals surface area contributed by atoms with Crippen molar-refractivity contribution < 1.29 is 19.6 Å². The third-order valence-electron chi connectivity index (χ3n) is 2.35. The Morgan fingerprint density at radius 1 is 1.06 bits per heavy atom. The summed E-state index contributed by atoms with van der Waals surface area (Å²) in [7, 11) is 21.3. The van der Waals surface area contributed by atoms with Gasteiger partial charge < -0.3 is 14.8 Å². The fraction of sp³-hybridized carbons (Fsp3) is 0.125. The fourth-order valence-electron chi connectivity index (χ4n) is 1.44. The Morgan fingerprint density at radius 3 is 1.94 bits per heavy atom. The van der Waals surface area contributed by atoms with E-state index in [1.807, 2.05) is 0 Å². The molecule has 0 aliphatic heterocycles. The van der Waals surface area contributed by atoms with Crippen molar-refractivity contribution in [2.24, 2.45) is 0 Å². The highest BCUT2D eigenvalue weighted by Crippen LogP contribution is 1.92. The van der Waals surface area contributed by atoms with Crippen LogP contribution in [0.5, 0.6) is 0 Å². The number of carbonyl (C=O) groups is 1. The highest BCUT2D eigenvalue weighted by molar-refractivity contribution is 6.74. The maximum atomic E-state index is 11.5. The lowest BCUT2D eigenvalue weighted by atomic mass is 9.57. The molecule has 2 N–H and O–H groups in total. The molecule has 0 saturated carbocycles. The van der Waals surface area contributed by atoms with Crippen molar-refractivity contribution >= 4 is 71.8 Å². The van der Waals surface area contributed by atoms with Crippen LogP contribution >= 0.6 is 0 Å². The first kappa shape index (κ1) is 14.0. The van der Waals surface area contributed by atoms with Crippen molar-refractivity contribution in [1.82, 2.24) is 0 Å². The molecule has 0 saturated heterocycles. The van der Waals surface area contributed by atoms with Gasteiger partial charge in [0, 0.05) is 0 Å². The third-order valence-corrected chi connectivity index (χ3v) is 2.35. The van der Waals surface area contributed by atoms with Crippen LogP contribution in [0.4, 0.5) is 0 Å². The van der Waals surface area contributed by atoms with Gasteiger partial charge in [-0.1, -0.05) is 5.46 Å². The number of rotatable bonds is 2. The molecular formula is C8H5B5O4. The predicted octanol–water partition coefficient (Wildman–Crippen LogP) is -5.67. The lowest BCUT2D eigenvalue weighted by Gasteiger charge is -2.20. The topological polar surface area (TPSA) is 66.8 Å². The van der Waals surface area contributed by atoms with E-state index >= 15 is 0 Å². The van der Waals surface area contributed by atoms with Crippen LogP contribution in [0.25, 0.3) is 0 Å². The molecular weight excluding hydrogens is 214 g/mol. The fourth-order valence-corrected chi connectivity index (χ4v) is 1.44. The summed E-state index contributed by atoms with van der Waals surface area (Å²) in [6.45, 7) is 0. The van der Waals surface area contributed by atoms with Crippen LogP contribution in [0.1, 0.15) is 10.4 Å². The first-order chi connectivity index (χ1) is 7.82. The molecule has 1 rings (SSSR count). The molecule has 0 unspecified atom stereocenters. The molecule has 0 fully saturated rings. The Bertz CT molecular complexity index is 474. The molecule has 0 aliphatic carbocycles. The van der Waals surface area contributed by atoms with Crippen LogP contribution < -0.4 is 27.3 Å². The molecule has 8 radical (unpaired) electrons. The van der Waals surface area contributed by atoms with E-state index < -0.39 is 13.1 Å². The molecule has 17 heavy (non-hydrogen) atoms. The van der Waals surface area contributed by atoms with Crippen LogP contribution in [-0.2, 0) is 4.74 Å². The van der Waals surface area contributed by atoms with Gasteiger partial charge in [0.2, 0.25) is 0 Å². The van der Waals surface area contributed by atoms with E-state index in [0.29, 0.717) is 0 Å². The summed E-state index contributed by atoms with van der Waals surface area (Å²) >= 11 is 0. The number of esters is 1. The van der Waals surface area contributed by atoms with Gasteiger partial charge in [0.25, 0.3) is 0 Å². The van der Waals surface area contributed by atoms with Gasteiger partial charge in [0.1, 0.15) is 31.4 Å². The Labute approximate surface area is 105 Å². The smallest absolute Gasteiger partial charge is 0.465 e. The van der Waals surface area contributed by atoms with E-state index in [9.17, 15) is 14.8 Å². The molecule has 9 heteroatoms. The van der Waals surface area contributed by atoms with Gasteiger partial charge in [0.15, 0.2) is 0 Å². The Kier molecular flexibility index (Phi) is 4.17. The van der Waals surface area contributed by atoms with E-state index in [0.717, 1.165) is 7.11 Å². The van der Waals surface area contributed by atoms with Crippen molar-refractivity contribution in [3.8, 4) is 0 Å². The van der Waals surface area contributed by atoms with Crippen molar-refractivity contribution in [2.45, 2.75) is 0 Å². The summed E-state index contributed by atoms with van der Waals surface area (Å²) in [6, 6.07) is 0. The second-order valence-electron chi connectivity index (χ2n) is 3.31. The second kappa shape index (κ2) is 5.06. The maximum absolute atomic E-state index is 11.5. The number of benzene rings is 1. The molecule has 0 atom stereocenters. The van der Waals surface area contributed by atoms with Gasteiger partial charge in [-0.15, -0.1) is 16.4 Å². The minimum atomic E-state index is -2.02. The Morgan fingerprint density at radius 2 is 1.53 bits per heavy atom. The number of carbonyl (C=O) groups excluding carboxylic acids is 1. The summed E-state index contributed by atoms with van der Waals surface area (Å²) in [5.41, 5.74) is -1.25. The lowest BCUT2D eigenvalue weighted by Crippen LogP contribution is -2.61. The van der Waals surface area contributed by atoms with Crippen LogP contribution in [0.15, 0.2) is 0 Å². The number of ether oxygens (including phenoxy) is 1. The Hall–Kier alpha value is -1.07. The first-order valence-corrected chi connectivity index (χ1v) is 4.53. The molecule has 0 aromatic heterocycles. The zero-order valence-corrected chi connectivity index (χ0v) is 9.10. The number of hydrogen-bond acceptors (Lipinski definition) is 4. The highest BCUT2D eigenvalue weighted by atomic mass is 16.5. The quantitative estimate of drug-likeness (QED) is 0.384. The van der Waals surface area contributed by atoms with Gasteiger partial charge in [-0.05, 0) is 5.46 Å². The van der Waals surface area contributed by atoms with Gasteiger partial charge in [0.05, 0.1) is 12.7 Å². The summed E-state index contributed by atoms with van der Waals surface area (Å²) in [5.74, 6) is -0.885. The van der Waals surface area contributed by atoms with Gasteiger partial charge in [-0.25, -0.2) is 4.79 Å². The van der Waals surface area contributed by atoms with Gasteiger partial charge in [-0.2, -0.15) is 0 Å². The lowest BCUT2D eigenvalue weighted by molar-refractivity contribution is 0.0603. The molecule has 0 aliphatic rings. The molecule has 1 aromatic rings. The summed E-state index contributed by atoms with van der Waals surface area (Å²) in [4.78, 5) is 11.5. The van der Waals surface area contributed by atoms with Crippen molar-refractivity contribution in [1.29, 1.82) is 0 Å². The predicted molar refractivity (Wildman–Crippen MR) is 69.2 cm³/mol. The minimum Gasteiger partial charge on any atom is -0.465 e. The summed E-state index contributed by atoms with van der Waals surface area (Å²) in [6.07, 6.45) is 0. The standard InChI is InChI=1S/C8H5B5O4/c1-17-8(14)2-3(9)4(10)5(11)6(12)7(2)13(15)16/h15-16H,1H3. The van der Waals surface area contributed by atoms with E-state index in [1.54, 1.807) is 0 Å². The molecule has 0 amide bonds. The monoisotopic (exact) mass is 220 g/mol. The van der Waals surface area contributed by atoms with Gasteiger partial charge in [-0.3, -0.25) is 0 Å². The van der Waals surface area contributed by atoms with E-state index in [4.69, 9.17) is 31.4 Å². The third kappa shape index (κ3) is 2.30. The summed E-state index contributed by atoms with van der Waals surface area (Å²) in [5, 5.41) is 18.4. The van der Waals surface area contributed by atoms with E-state index in [1.165, 1.54) is 0 Å². The van der Waals surface area contributed by atoms with Crippen LogP contribution in [0.2, 0.25) is 0 Å². The molecule has 0 bridgehead atoms. The summed E-state index contributed by atoms with van der Waals surface area (Å²) < 4.78 is 4.46. The normalized spacial score (nSPS) is 10.1. The highest BCUT2D eigenvalue weighted by Gasteiger charge is 2.26. The molecule has 0 heterocycles. The maximum Gasteiger partial charge on any atom is 0.488 e. The van der Waals surface area contributed by atoms with Crippen LogP contribution in [0, 0.1) is 0 Å². The van der Waals surface area contributed by atoms with E-state index in [-0.39, 0.29) is 32.9 Å². The SMILES string of the molecule is [B]c1c([B])c([B])c(C(=O)OC)c(B(O)O)c1[B]. The minimum absolute atomic E-state index is 0.104. The second-order valence-corrected chi connectivity index (χ2v) is 3.31. The molecule has 76 valence electrons. The largest absolute Gasteiger partial charge is 0.488 e. The molecule has 4 nitrogen and oxygen atoms in total.